The van der Waals surface area contributed by atoms with Crippen LogP contribution in [0.25, 0.3) is 0 Å². The molecule has 0 spiro atoms. The number of hydrogen-bond acceptors (Lipinski definition) is 5. The number of carbonyl (C=O) groups is 1. The van der Waals surface area contributed by atoms with Gasteiger partial charge in [0.05, 0.1) is 12.2 Å². The standard InChI is InChI=1S/C19H23ClN4O2/c1-19(2,3)26-18(25)24-10-9-15-14(12-24)16(23-17(20)22-15)21-11-13-7-5-4-6-8-13/h4-8H,9-12H2,1-3H3,(H,21,22,23). The molecule has 0 bridgehead atoms. The van der Waals surface area contributed by atoms with Crippen LogP contribution in [0.3, 0.4) is 0 Å². The van der Waals surface area contributed by atoms with E-state index in [0.717, 1.165) is 16.8 Å². The van der Waals surface area contributed by atoms with Crippen molar-refractivity contribution < 1.29 is 9.53 Å². The first-order valence-corrected chi connectivity index (χ1v) is 9.00. The SMILES string of the molecule is CC(C)(C)OC(=O)N1CCc2nc(Cl)nc(NCc3ccccc3)c2C1. The third kappa shape index (κ3) is 4.64. The molecular formula is C19H23ClN4O2. The second-order valence-electron chi connectivity index (χ2n) is 7.26. The fraction of sp³-hybridized carbons (Fsp3) is 0.421. The molecule has 1 aromatic carbocycles. The van der Waals surface area contributed by atoms with Gasteiger partial charge in [-0.25, -0.2) is 14.8 Å². The van der Waals surface area contributed by atoms with Crippen molar-refractivity contribution in [3.05, 3.63) is 52.4 Å². The van der Waals surface area contributed by atoms with Crippen molar-refractivity contribution in [2.24, 2.45) is 0 Å². The van der Waals surface area contributed by atoms with E-state index < -0.39 is 5.60 Å². The number of amides is 1. The summed E-state index contributed by atoms with van der Waals surface area (Å²) < 4.78 is 5.48. The summed E-state index contributed by atoms with van der Waals surface area (Å²) in [5, 5.41) is 3.54. The Kier molecular flexibility index (Phi) is 5.32. The minimum atomic E-state index is -0.526. The number of halogens is 1. The average Bonchev–Trinajstić information content (AvgIpc) is 2.58. The summed E-state index contributed by atoms with van der Waals surface area (Å²) in [6.07, 6.45) is 0.295. The Bertz CT molecular complexity index is 790. The van der Waals surface area contributed by atoms with Crippen LogP contribution >= 0.6 is 11.6 Å². The van der Waals surface area contributed by atoms with E-state index in [2.05, 4.69) is 15.3 Å². The zero-order valence-electron chi connectivity index (χ0n) is 15.3. The van der Waals surface area contributed by atoms with Gasteiger partial charge in [0.15, 0.2) is 0 Å². The molecule has 7 heteroatoms. The first-order chi connectivity index (χ1) is 12.3. The summed E-state index contributed by atoms with van der Waals surface area (Å²) >= 11 is 6.08. The molecule has 138 valence electrons. The summed E-state index contributed by atoms with van der Waals surface area (Å²) in [6, 6.07) is 10.0. The fourth-order valence-corrected chi connectivity index (χ4v) is 2.98. The van der Waals surface area contributed by atoms with Crippen molar-refractivity contribution in [3.8, 4) is 0 Å². The smallest absolute Gasteiger partial charge is 0.410 e. The van der Waals surface area contributed by atoms with Crippen LogP contribution < -0.4 is 5.32 Å². The van der Waals surface area contributed by atoms with Crippen LogP contribution in [-0.2, 0) is 24.2 Å². The van der Waals surface area contributed by atoms with E-state index in [1.54, 1.807) is 4.90 Å². The highest BCUT2D eigenvalue weighted by Gasteiger charge is 2.28. The Balaban J connectivity index is 1.78. The summed E-state index contributed by atoms with van der Waals surface area (Å²) in [5.41, 5.74) is 2.38. The first kappa shape index (κ1) is 18.5. The minimum absolute atomic E-state index is 0.213. The predicted molar refractivity (Wildman–Crippen MR) is 101 cm³/mol. The minimum Gasteiger partial charge on any atom is -0.444 e. The van der Waals surface area contributed by atoms with Crippen molar-refractivity contribution in [3.63, 3.8) is 0 Å². The van der Waals surface area contributed by atoms with Crippen LogP contribution in [0, 0.1) is 0 Å². The van der Waals surface area contributed by atoms with Gasteiger partial charge in [0.2, 0.25) is 5.28 Å². The van der Waals surface area contributed by atoms with Gasteiger partial charge >= 0.3 is 6.09 Å². The Morgan fingerprint density at radius 2 is 2.00 bits per heavy atom. The van der Waals surface area contributed by atoms with E-state index in [-0.39, 0.29) is 11.4 Å². The molecule has 0 atom stereocenters. The Hall–Kier alpha value is -2.34. The molecule has 0 aliphatic carbocycles. The highest BCUT2D eigenvalue weighted by molar-refractivity contribution is 6.28. The lowest BCUT2D eigenvalue weighted by atomic mass is 10.1. The van der Waals surface area contributed by atoms with Crippen LogP contribution in [-0.4, -0.2) is 33.1 Å². The molecule has 0 saturated heterocycles. The molecule has 1 aliphatic heterocycles. The molecule has 2 aromatic rings. The largest absolute Gasteiger partial charge is 0.444 e. The lowest BCUT2D eigenvalue weighted by molar-refractivity contribution is 0.0223. The van der Waals surface area contributed by atoms with Crippen molar-refractivity contribution in [2.45, 2.75) is 45.9 Å². The molecule has 0 unspecified atom stereocenters. The average molecular weight is 375 g/mol. The third-order valence-corrected chi connectivity index (χ3v) is 4.16. The molecule has 3 rings (SSSR count). The van der Waals surface area contributed by atoms with E-state index in [1.807, 2.05) is 51.1 Å². The van der Waals surface area contributed by atoms with Crippen LogP contribution in [0.5, 0.6) is 0 Å². The zero-order valence-corrected chi connectivity index (χ0v) is 16.0. The maximum atomic E-state index is 12.4. The topological polar surface area (TPSA) is 67.3 Å². The molecule has 1 aromatic heterocycles. The van der Waals surface area contributed by atoms with Gasteiger partial charge < -0.3 is 15.0 Å². The monoisotopic (exact) mass is 374 g/mol. The normalized spacial score (nSPS) is 13.9. The second-order valence-corrected chi connectivity index (χ2v) is 7.60. The Labute approximate surface area is 158 Å². The van der Waals surface area contributed by atoms with Gasteiger partial charge in [-0.2, -0.15) is 0 Å². The molecule has 1 N–H and O–H groups in total. The number of anilines is 1. The lowest BCUT2D eigenvalue weighted by Gasteiger charge is -2.31. The second kappa shape index (κ2) is 7.50. The highest BCUT2D eigenvalue weighted by atomic mass is 35.5. The molecule has 0 saturated carbocycles. The molecule has 2 heterocycles. The number of aromatic nitrogens is 2. The van der Waals surface area contributed by atoms with Gasteiger partial charge in [0, 0.05) is 25.1 Å². The van der Waals surface area contributed by atoms with Gasteiger partial charge in [-0.1, -0.05) is 30.3 Å². The summed E-state index contributed by atoms with van der Waals surface area (Å²) in [5.74, 6) is 0.664. The fourth-order valence-electron chi connectivity index (χ4n) is 2.79. The van der Waals surface area contributed by atoms with Crippen LogP contribution in [0.4, 0.5) is 10.6 Å². The van der Waals surface area contributed by atoms with Crippen molar-refractivity contribution in [2.75, 3.05) is 11.9 Å². The predicted octanol–water partition coefficient (Wildman–Crippen LogP) is 4.04. The van der Waals surface area contributed by atoms with Gasteiger partial charge in [0.1, 0.15) is 11.4 Å². The number of benzene rings is 1. The van der Waals surface area contributed by atoms with E-state index in [1.165, 1.54) is 0 Å². The number of nitrogens with one attached hydrogen (secondary N) is 1. The van der Waals surface area contributed by atoms with Crippen LogP contribution in [0.2, 0.25) is 5.28 Å². The van der Waals surface area contributed by atoms with Crippen LogP contribution in [0.15, 0.2) is 30.3 Å². The maximum Gasteiger partial charge on any atom is 0.410 e. The molecule has 0 radical (unpaired) electrons. The van der Waals surface area contributed by atoms with Crippen molar-refractivity contribution in [1.29, 1.82) is 0 Å². The van der Waals surface area contributed by atoms with E-state index in [0.29, 0.717) is 31.9 Å². The van der Waals surface area contributed by atoms with E-state index in [9.17, 15) is 4.79 Å². The van der Waals surface area contributed by atoms with E-state index >= 15 is 0 Å². The first-order valence-electron chi connectivity index (χ1n) is 8.63. The number of rotatable bonds is 3. The van der Waals surface area contributed by atoms with Gasteiger partial charge in [-0.3, -0.25) is 0 Å². The van der Waals surface area contributed by atoms with E-state index in [4.69, 9.17) is 16.3 Å². The van der Waals surface area contributed by atoms with Gasteiger partial charge in [-0.05, 0) is 37.9 Å². The number of ether oxygens (including phenoxy) is 1. The number of hydrogen-bond donors (Lipinski definition) is 1. The zero-order chi connectivity index (χ0) is 18.7. The molecule has 1 amide bonds. The molecule has 1 aliphatic rings. The van der Waals surface area contributed by atoms with Crippen molar-refractivity contribution >= 4 is 23.5 Å². The summed E-state index contributed by atoms with van der Waals surface area (Å²) in [6.45, 7) is 7.15. The Morgan fingerprint density at radius 3 is 2.69 bits per heavy atom. The lowest BCUT2D eigenvalue weighted by Crippen LogP contribution is -2.40. The number of nitrogens with zero attached hydrogens (tertiary/aromatic N) is 3. The summed E-state index contributed by atoms with van der Waals surface area (Å²) in [4.78, 5) is 22.7. The molecule has 26 heavy (non-hydrogen) atoms. The molecule has 0 fully saturated rings. The third-order valence-electron chi connectivity index (χ3n) is 3.99. The van der Waals surface area contributed by atoms with Crippen LogP contribution in [0.1, 0.15) is 37.6 Å². The van der Waals surface area contributed by atoms with Crippen molar-refractivity contribution in [1.82, 2.24) is 14.9 Å². The highest BCUT2D eigenvalue weighted by Crippen LogP contribution is 2.26. The number of carbonyl (C=O) groups excluding carboxylic acids is 1. The number of fused-ring (bicyclic) bond motifs is 1. The van der Waals surface area contributed by atoms with Gasteiger partial charge in [-0.15, -0.1) is 0 Å². The maximum absolute atomic E-state index is 12.4. The Morgan fingerprint density at radius 1 is 1.27 bits per heavy atom. The summed E-state index contributed by atoms with van der Waals surface area (Å²) in [7, 11) is 0. The molecular weight excluding hydrogens is 352 g/mol. The van der Waals surface area contributed by atoms with Gasteiger partial charge in [0.25, 0.3) is 0 Å². The molecule has 6 nitrogen and oxygen atoms in total. The quantitative estimate of drug-likeness (QED) is 0.821.